The van der Waals surface area contributed by atoms with Gasteiger partial charge in [-0.25, -0.2) is 4.39 Å². The zero-order chi connectivity index (χ0) is 30.2. The van der Waals surface area contributed by atoms with Crippen LogP contribution in [0, 0.1) is 5.82 Å². The van der Waals surface area contributed by atoms with Crippen molar-refractivity contribution in [3.8, 4) is 0 Å². The number of nitrogens with two attached hydrogens (primary N) is 1. The lowest BCUT2D eigenvalue weighted by atomic mass is 10.1. The number of likely N-dealkylation sites (N-methyl/N-ethyl adjacent to an activating group) is 2. The predicted octanol–water partition coefficient (Wildman–Crippen LogP) is 2.31. The second-order valence-electron chi connectivity index (χ2n) is 10.8. The second-order valence-corrected chi connectivity index (χ2v) is 12.2. The molecule has 0 saturated carbocycles. The second kappa shape index (κ2) is 14.8. The van der Waals surface area contributed by atoms with Crippen molar-refractivity contribution >= 4 is 40.9 Å². The Morgan fingerprint density at radius 3 is 2.33 bits per heavy atom. The minimum Gasteiger partial charge on any atom is -0.383 e. The highest BCUT2D eigenvalue weighted by molar-refractivity contribution is 8.01. The number of piperazine rings is 1. The van der Waals surface area contributed by atoms with Gasteiger partial charge in [-0.2, -0.15) is 0 Å². The summed E-state index contributed by atoms with van der Waals surface area (Å²) in [6.07, 6.45) is 0.450. The Bertz CT molecular complexity index is 1210. The average molecular weight is 600 g/mol. The molecule has 0 bridgehead atoms. The topological polar surface area (TPSA) is 123 Å². The molecule has 2 saturated heterocycles. The lowest BCUT2D eigenvalue weighted by molar-refractivity contribution is -0.131. The average Bonchev–Trinajstić information content (AvgIpc) is 3.31. The molecule has 4 rings (SSSR count). The number of nitrogens with zero attached hydrogens (tertiary/aromatic N) is 3. The first-order chi connectivity index (χ1) is 20.1. The maximum absolute atomic E-state index is 13.3. The van der Waals surface area contributed by atoms with Crippen LogP contribution in [0.5, 0.6) is 0 Å². The molecule has 0 spiro atoms. The van der Waals surface area contributed by atoms with Crippen molar-refractivity contribution in [3.05, 3.63) is 59.9 Å². The number of anilines is 2. The SMILES string of the molecule is CCN1C(=O)[C@@H](CNc2ccc(NC(=O)CCN3CCN(C)CC3)cc2)S[C@H]1C(N)C(=O)NC(C)c1ccc(F)cc1. The summed E-state index contributed by atoms with van der Waals surface area (Å²) in [4.78, 5) is 44.8. The van der Waals surface area contributed by atoms with E-state index in [0.717, 1.165) is 49.7 Å². The van der Waals surface area contributed by atoms with Crippen LogP contribution in [0.1, 0.15) is 31.9 Å². The third-order valence-electron chi connectivity index (χ3n) is 7.76. The van der Waals surface area contributed by atoms with Crippen LogP contribution < -0.4 is 21.7 Å². The third kappa shape index (κ3) is 8.43. The number of hydrogen-bond acceptors (Lipinski definition) is 8. The normalized spacial score (nSPS) is 21.2. The first-order valence-corrected chi connectivity index (χ1v) is 15.4. The Morgan fingerprint density at radius 2 is 1.69 bits per heavy atom. The lowest BCUT2D eigenvalue weighted by Crippen LogP contribution is -2.53. The molecule has 0 aliphatic carbocycles. The van der Waals surface area contributed by atoms with Crippen LogP contribution in [-0.4, -0.2) is 102 Å². The van der Waals surface area contributed by atoms with E-state index in [1.54, 1.807) is 24.0 Å². The van der Waals surface area contributed by atoms with Gasteiger partial charge in [-0.3, -0.25) is 14.4 Å². The van der Waals surface area contributed by atoms with E-state index in [1.165, 1.54) is 23.9 Å². The van der Waals surface area contributed by atoms with Crippen LogP contribution in [0.3, 0.4) is 0 Å². The molecule has 42 heavy (non-hydrogen) atoms. The van der Waals surface area contributed by atoms with Crippen LogP contribution in [0.15, 0.2) is 48.5 Å². The molecule has 12 heteroatoms. The molecule has 2 aromatic carbocycles. The van der Waals surface area contributed by atoms with Gasteiger partial charge in [0.15, 0.2) is 0 Å². The Hall–Kier alpha value is -3.19. The Morgan fingerprint density at radius 1 is 1.05 bits per heavy atom. The van der Waals surface area contributed by atoms with Gasteiger partial charge >= 0.3 is 0 Å². The van der Waals surface area contributed by atoms with Crippen LogP contribution >= 0.6 is 11.8 Å². The molecule has 4 atom stereocenters. The van der Waals surface area contributed by atoms with Gasteiger partial charge in [-0.1, -0.05) is 12.1 Å². The van der Waals surface area contributed by atoms with E-state index >= 15 is 0 Å². The Balaban J connectivity index is 1.24. The van der Waals surface area contributed by atoms with E-state index in [0.29, 0.717) is 19.5 Å². The standard InChI is InChI=1S/C30H42FN7O3S/c1-4-38-29(41)25(42-30(38)27(32)28(40)34-20(2)21-5-7-22(31)8-6-21)19-33-23-9-11-24(12-10-23)35-26(39)13-14-37-17-15-36(3)16-18-37/h5-12,20,25,27,30,33H,4,13-19,32H2,1-3H3,(H,34,40)(H,35,39)/t20?,25-,27?,30+/m1/s1. The van der Waals surface area contributed by atoms with Gasteiger partial charge in [0.25, 0.3) is 0 Å². The molecule has 5 N–H and O–H groups in total. The quantitative estimate of drug-likeness (QED) is 0.293. The highest BCUT2D eigenvalue weighted by Crippen LogP contribution is 2.33. The van der Waals surface area contributed by atoms with Crippen molar-refractivity contribution in [2.24, 2.45) is 5.73 Å². The fourth-order valence-electron chi connectivity index (χ4n) is 5.07. The number of nitrogens with one attached hydrogen (secondary N) is 3. The molecule has 2 aliphatic rings. The Kier molecular flexibility index (Phi) is 11.2. The van der Waals surface area contributed by atoms with E-state index in [9.17, 15) is 18.8 Å². The summed E-state index contributed by atoms with van der Waals surface area (Å²) in [6.45, 7) is 9.25. The highest BCUT2D eigenvalue weighted by atomic mass is 32.2. The van der Waals surface area contributed by atoms with Gasteiger partial charge in [0.05, 0.1) is 6.04 Å². The molecule has 228 valence electrons. The predicted molar refractivity (Wildman–Crippen MR) is 166 cm³/mol. The van der Waals surface area contributed by atoms with Crippen LogP contribution in [0.4, 0.5) is 15.8 Å². The molecular formula is C30H42FN7O3S. The van der Waals surface area contributed by atoms with Crippen molar-refractivity contribution in [1.82, 2.24) is 20.0 Å². The number of hydrogen-bond donors (Lipinski definition) is 4. The summed E-state index contributed by atoms with van der Waals surface area (Å²) in [6, 6.07) is 12.1. The first-order valence-electron chi connectivity index (χ1n) is 14.5. The number of carbonyl (C=O) groups is 3. The van der Waals surface area contributed by atoms with Crippen LogP contribution in [0.2, 0.25) is 0 Å². The van der Waals surface area contributed by atoms with Gasteiger partial charge in [0, 0.05) is 63.6 Å². The molecule has 2 aromatic rings. The van der Waals surface area contributed by atoms with E-state index in [4.69, 9.17) is 5.73 Å². The molecular weight excluding hydrogens is 557 g/mol. The summed E-state index contributed by atoms with van der Waals surface area (Å²) in [5, 5.41) is 8.23. The molecule has 2 aliphatic heterocycles. The van der Waals surface area contributed by atoms with Crippen molar-refractivity contribution in [2.75, 3.05) is 63.5 Å². The van der Waals surface area contributed by atoms with Crippen molar-refractivity contribution in [2.45, 2.75) is 43.0 Å². The summed E-state index contributed by atoms with van der Waals surface area (Å²) in [5.41, 5.74) is 8.65. The zero-order valence-electron chi connectivity index (χ0n) is 24.5. The fourth-order valence-corrected chi connectivity index (χ4v) is 6.53. The highest BCUT2D eigenvalue weighted by Gasteiger charge is 2.44. The van der Waals surface area contributed by atoms with Gasteiger partial charge < -0.3 is 36.4 Å². The maximum Gasteiger partial charge on any atom is 0.240 e. The van der Waals surface area contributed by atoms with Gasteiger partial charge in [0.2, 0.25) is 17.7 Å². The van der Waals surface area contributed by atoms with Crippen LogP contribution in [-0.2, 0) is 14.4 Å². The number of rotatable bonds is 12. The smallest absolute Gasteiger partial charge is 0.240 e. The van der Waals surface area contributed by atoms with E-state index in [-0.39, 0.29) is 29.6 Å². The van der Waals surface area contributed by atoms with E-state index < -0.39 is 16.7 Å². The van der Waals surface area contributed by atoms with Gasteiger partial charge in [-0.05, 0) is 62.9 Å². The Labute approximate surface area is 251 Å². The van der Waals surface area contributed by atoms with Crippen molar-refractivity contribution in [1.29, 1.82) is 0 Å². The van der Waals surface area contributed by atoms with Gasteiger partial charge in [0.1, 0.15) is 22.5 Å². The molecule has 2 fully saturated rings. The number of amides is 3. The summed E-state index contributed by atoms with van der Waals surface area (Å²) in [7, 11) is 2.11. The fraction of sp³-hybridized carbons (Fsp3) is 0.500. The van der Waals surface area contributed by atoms with Gasteiger partial charge in [-0.15, -0.1) is 11.8 Å². The number of thioether (sulfide) groups is 1. The molecule has 2 heterocycles. The minimum absolute atomic E-state index is 0.0132. The summed E-state index contributed by atoms with van der Waals surface area (Å²) < 4.78 is 13.3. The molecule has 10 nitrogen and oxygen atoms in total. The summed E-state index contributed by atoms with van der Waals surface area (Å²) >= 11 is 1.38. The number of halogens is 1. The number of carbonyl (C=O) groups excluding carboxylic acids is 3. The molecule has 3 amide bonds. The molecule has 0 radical (unpaired) electrons. The maximum atomic E-state index is 13.3. The number of benzene rings is 2. The molecule has 0 aromatic heterocycles. The first kappa shape index (κ1) is 31.7. The van der Waals surface area contributed by atoms with E-state index in [1.807, 2.05) is 31.2 Å². The van der Waals surface area contributed by atoms with Crippen LogP contribution in [0.25, 0.3) is 0 Å². The summed E-state index contributed by atoms with van der Waals surface area (Å²) in [5.74, 6) is -0.798. The minimum atomic E-state index is -0.925. The third-order valence-corrected chi connectivity index (χ3v) is 9.28. The largest absolute Gasteiger partial charge is 0.383 e. The van der Waals surface area contributed by atoms with Crippen molar-refractivity contribution < 1.29 is 18.8 Å². The monoisotopic (exact) mass is 599 g/mol. The lowest BCUT2D eigenvalue weighted by Gasteiger charge is -2.32. The van der Waals surface area contributed by atoms with Crippen molar-refractivity contribution in [3.63, 3.8) is 0 Å². The molecule has 2 unspecified atom stereocenters. The van der Waals surface area contributed by atoms with E-state index in [2.05, 4.69) is 32.8 Å². The zero-order valence-corrected chi connectivity index (χ0v) is 25.3.